The first-order valence-corrected chi connectivity index (χ1v) is 4.12. The van der Waals surface area contributed by atoms with Crippen LogP contribution in [0.4, 0.5) is 9.59 Å². The van der Waals surface area contributed by atoms with Gasteiger partial charge < -0.3 is 46.3 Å². The van der Waals surface area contributed by atoms with Crippen molar-refractivity contribution in [1.29, 1.82) is 0 Å². The van der Waals surface area contributed by atoms with Gasteiger partial charge in [0.15, 0.2) is 0 Å². The molecule has 0 aliphatic carbocycles. The first-order chi connectivity index (χ1) is 5.38. The van der Waals surface area contributed by atoms with Gasteiger partial charge in [-0.1, -0.05) is 26.7 Å². The molecule has 0 bridgehead atoms. The predicted octanol–water partition coefficient (Wildman–Crippen LogP) is -1.97. The Balaban J connectivity index is -0.0000000450. The summed E-state index contributed by atoms with van der Waals surface area (Å²) in [6.45, 7) is 4.36. The zero-order chi connectivity index (χ0) is 10.6. The number of primary amides is 2. The van der Waals surface area contributed by atoms with Crippen molar-refractivity contribution in [2.24, 2.45) is 11.5 Å². The number of nitrogens with two attached hydrogens (primary N) is 2. The molecule has 0 spiro atoms. The van der Waals surface area contributed by atoms with Crippen LogP contribution in [0.2, 0.25) is 0 Å². The third-order valence-corrected chi connectivity index (χ3v) is 0.500. The van der Waals surface area contributed by atoms with Crippen molar-refractivity contribution in [3.05, 3.63) is 0 Å². The van der Waals surface area contributed by atoms with Crippen LogP contribution in [0, 0.1) is 0 Å². The van der Waals surface area contributed by atoms with E-state index in [1.165, 1.54) is 12.8 Å². The van der Waals surface area contributed by atoms with E-state index in [0.717, 1.165) is 0 Å². The molecule has 13 heavy (non-hydrogen) atoms. The summed E-state index contributed by atoms with van der Waals surface area (Å²) in [6.07, 6.45) is 2.64. The molecular weight excluding hydrogens is 219 g/mol. The van der Waals surface area contributed by atoms with Gasteiger partial charge in [-0.25, -0.2) is 0 Å². The molecule has 0 aromatic rings. The van der Waals surface area contributed by atoms with Crippen LogP contribution in [0.25, 0.3) is 0 Å². The second-order valence-electron chi connectivity index (χ2n) is 1.64. The van der Waals surface area contributed by atoms with Gasteiger partial charge in [0.1, 0.15) is 0 Å². The van der Waals surface area contributed by atoms with E-state index in [2.05, 4.69) is 50.6 Å². The number of hydrogen-bond acceptors (Lipinski definition) is 4. The largest absolute Gasteiger partial charge is 1.00 e. The van der Waals surface area contributed by atoms with Crippen LogP contribution in [0.5, 0.6) is 0 Å². The van der Waals surface area contributed by atoms with E-state index in [0.29, 0.717) is 0 Å². The van der Waals surface area contributed by atoms with Gasteiger partial charge in [0, 0.05) is 0 Å². The van der Waals surface area contributed by atoms with Gasteiger partial charge in [-0.05, 0) is 0 Å². The average molecular weight is 233 g/mol. The molecule has 0 atom stereocenters. The second-order valence-corrected chi connectivity index (χ2v) is 2.44. The normalized spacial score (nSPS) is 6.00. The Bertz CT molecular complexity index is 103. The Morgan fingerprint density at radius 3 is 1.08 bits per heavy atom. The zero-order valence-corrected chi connectivity index (χ0v) is 11.8. The van der Waals surface area contributed by atoms with Crippen LogP contribution in [-0.2, 0) is 25.3 Å². The van der Waals surface area contributed by atoms with E-state index >= 15 is 0 Å². The van der Waals surface area contributed by atoms with Crippen LogP contribution < -0.4 is 41.0 Å². The summed E-state index contributed by atoms with van der Waals surface area (Å²) in [4.78, 5) is 18.1. The Kier molecular flexibility index (Phi) is 40.9. The van der Waals surface area contributed by atoms with E-state index in [-0.39, 0.29) is 29.6 Å². The van der Waals surface area contributed by atoms with Crippen LogP contribution in [-0.4, -0.2) is 10.5 Å². The molecule has 0 aliphatic rings. The molecule has 0 aromatic carbocycles. The Hall–Kier alpha value is 0.380. The summed E-state index contributed by atoms with van der Waals surface area (Å²) < 4.78 is 0. The monoisotopic (exact) mass is 233 g/mol. The molecule has 0 aliphatic heterocycles. The molecule has 0 aromatic heterocycles. The fraction of sp³-hybridized carbons (Fsp3) is 0.667. The number of carbonyl (C=O) groups excluding carboxylic acids is 2. The predicted molar refractivity (Wildman–Crippen MR) is 54.5 cm³/mol. The van der Waals surface area contributed by atoms with Gasteiger partial charge in [-0.15, -0.1) is 0 Å². The van der Waals surface area contributed by atoms with Crippen LogP contribution in [0.15, 0.2) is 0 Å². The molecule has 0 rings (SSSR count). The fourth-order valence-corrected chi connectivity index (χ4v) is 0. The van der Waals surface area contributed by atoms with Crippen molar-refractivity contribution in [1.82, 2.24) is 0 Å². The summed E-state index contributed by atoms with van der Waals surface area (Å²) in [7, 11) is 0. The summed E-state index contributed by atoms with van der Waals surface area (Å²) in [6, 6.07) is 0. The number of unbranched alkanes of at least 4 members (excludes halogenated alkanes) is 1. The number of carbonyl (C=O) groups is 2. The summed E-state index contributed by atoms with van der Waals surface area (Å²) in [5.74, 6) is 0. The third-order valence-electron chi connectivity index (χ3n) is 0.500. The maximum atomic E-state index is 9.04. The van der Waals surface area contributed by atoms with Gasteiger partial charge in [0.2, 0.25) is 0 Å². The molecule has 0 saturated carbocycles. The summed E-state index contributed by atoms with van der Waals surface area (Å²) in [5, 5.41) is -1.50. The Labute approximate surface area is 112 Å². The van der Waals surface area contributed by atoms with Crippen molar-refractivity contribution >= 4 is 35.7 Å². The smallest absolute Gasteiger partial charge is 0.719 e. The van der Waals surface area contributed by atoms with Crippen LogP contribution in [0.1, 0.15) is 26.7 Å². The topological polar surface area (TPSA) is 86.2 Å². The fourth-order valence-electron chi connectivity index (χ4n) is 0. The van der Waals surface area contributed by atoms with Gasteiger partial charge in [-0.2, -0.15) is 0 Å². The molecule has 0 unspecified atom stereocenters. The van der Waals surface area contributed by atoms with Gasteiger partial charge in [0.05, 0.1) is 10.5 Å². The van der Waals surface area contributed by atoms with Gasteiger partial charge >= 0.3 is 29.6 Å². The number of amides is 2. The molecule has 74 valence electrons. The van der Waals surface area contributed by atoms with Crippen molar-refractivity contribution in [2.75, 3.05) is 0 Å². The molecule has 0 fully saturated rings. The Morgan fingerprint density at radius 2 is 1.08 bits per heavy atom. The van der Waals surface area contributed by atoms with Gasteiger partial charge in [0.25, 0.3) is 0 Å². The first-order valence-electron chi connectivity index (χ1n) is 3.31. The molecule has 4 N–H and O–H groups in total. The van der Waals surface area contributed by atoms with Crippen LogP contribution in [0.3, 0.4) is 0 Å². The van der Waals surface area contributed by atoms with E-state index < -0.39 is 10.5 Å². The minimum Gasteiger partial charge on any atom is -0.719 e. The SMILES string of the molecule is CCCC.NC(=O)[S-].NC(=O)[S-].[Na+]. The first kappa shape index (κ1) is 23.3. The van der Waals surface area contributed by atoms with E-state index in [4.69, 9.17) is 9.59 Å². The van der Waals surface area contributed by atoms with Gasteiger partial charge in [-0.3, -0.25) is 0 Å². The maximum Gasteiger partial charge on any atom is 1.00 e. The molecule has 0 saturated heterocycles. The minimum absolute atomic E-state index is 0. The van der Waals surface area contributed by atoms with Crippen molar-refractivity contribution < 1.29 is 39.1 Å². The summed E-state index contributed by atoms with van der Waals surface area (Å²) in [5.41, 5.74) is 8.57. The van der Waals surface area contributed by atoms with E-state index in [1.807, 2.05) is 0 Å². The quantitative estimate of drug-likeness (QED) is 0.406. The molecule has 7 heteroatoms. The van der Waals surface area contributed by atoms with Crippen LogP contribution >= 0.6 is 0 Å². The number of rotatable bonds is 1. The van der Waals surface area contributed by atoms with E-state index in [1.54, 1.807) is 0 Å². The summed E-state index contributed by atoms with van der Waals surface area (Å²) >= 11 is 7.52. The molecule has 0 radical (unpaired) electrons. The van der Waals surface area contributed by atoms with E-state index in [9.17, 15) is 0 Å². The molecular formula is C6H14N2NaO2S2-. The minimum atomic E-state index is -0.750. The number of hydrogen-bond donors (Lipinski definition) is 2. The third kappa shape index (κ3) is 700. The second kappa shape index (κ2) is 22.8. The molecule has 0 heterocycles. The van der Waals surface area contributed by atoms with Crippen molar-refractivity contribution in [3.8, 4) is 0 Å². The molecule has 4 nitrogen and oxygen atoms in total. The Morgan fingerprint density at radius 1 is 1.00 bits per heavy atom. The zero-order valence-electron chi connectivity index (χ0n) is 8.20. The van der Waals surface area contributed by atoms with Crippen molar-refractivity contribution in [3.63, 3.8) is 0 Å². The maximum absolute atomic E-state index is 9.04. The standard InChI is InChI=1S/C4H10.2CH3NOS.Na/c1-3-4-2;2*2-1(3)4;/h3-4H2,1-2H3;2*(H3,2,3,4);/q;;;+1/p-2. The molecule has 2 amide bonds. The average Bonchev–Trinajstić information content (AvgIpc) is 1.85. The van der Waals surface area contributed by atoms with Crippen molar-refractivity contribution in [2.45, 2.75) is 26.7 Å².